The zero-order chi connectivity index (χ0) is 13.3. The summed E-state index contributed by atoms with van der Waals surface area (Å²) in [5.74, 6) is -0.458. The number of benzene rings is 1. The molecule has 0 bridgehead atoms. The average Bonchev–Trinajstić information content (AvgIpc) is 2.73. The van der Waals surface area contributed by atoms with Crippen LogP contribution in [0.2, 0.25) is 0 Å². The third kappa shape index (κ3) is 2.37. The minimum Gasteiger partial charge on any atom is -0.382 e. The summed E-state index contributed by atoms with van der Waals surface area (Å²) in [7, 11) is 0. The van der Waals surface area contributed by atoms with Crippen molar-refractivity contribution >= 4 is 31.9 Å². The van der Waals surface area contributed by atoms with Crippen molar-refractivity contribution in [1.82, 2.24) is 9.78 Å². The fourth-order valence-electron chi connectivity index (χ4n) is 1.77. The van der Waals surface area contributed by atoms with Crippen LogP contribution in [0.5, 0.6) is 0 Å². The SMILES string of the molecule is CCn1ncc(Br)c1C(O)c1cccc(Br)c1F. The van der Waals surface area contributed by atoms with Crippen molar-refractivity contribution < 1.29 is 9.50 Å². The highest BCUT2D eigenvalue weighted by molar-refractivity contribution is 9.10. The molecule has 0 aliphatic heterocycles. The molecule has 1 aromatic heterocycles. The molecule has 96 valence electrons. The van der Waals surface area contributed by atoms with Crippen LogP contribution in [0.3, 0.4) is 0 Å². The molecule has 1 atom stereocenters. The maximum absolute atomic E-state index is 14.0. The summed E-state index contributed by atoms with van der Waals surface area (Å²) in [5.41, 5.74) is 0.773. The zero-order valence-corrected chi connectivity index (χ0v) is 12.7. The number of aliphatic hydroxyl groups excluding tert-OH is 1. The first kappa shape index (κ1) is 13.7. The number of halogens is 3. The fourth-order valence-corrected chi connectivity index (χ4v) is 2.67. The number of aliphatic hydroxyl groups is 1. The molecule has 1 N–H and O–H groups in total. The largest absolute Gasteiger partial charge is 0.382 e. The van der Waals surface area contributed by atoms with Crippen molar-refractivity contribution in [3.05, 3.63) is 50.4 Å². The van der Waals surface area contributed by atoms with E-state index in [1.54, 1.807) is 29.1 Å². The van der Waals surface area contributed by atoms with Gasteiger partial charge in [0, 0.05) is 12.1 Å². The standard InChI is InChI=1S/C12H11Br2FN2O/c1-2-17-11(9(14)6-16-17)12(18)7-4-3-5-8(13)10(7)15/h3-6,12,18H,2H2,1H3. The molecule has 6 heteroatoms. The average molecular weight is 378 g/mol. The van der Waals surface area contributed by atoms with Gasteiger partial charge >= 0.3 is 0 Å². The van der Waals surface area contributed by atoms with E-state index in [9.17, 15) is 9.50 Å². The molecular formula is C12H11Br2FN2O. The normalized spacial score (nSPS) is 12.7. The molecular weight excluding hydrogens is 367 g/mol. The quantitative estimate of drug-likeness (QED) is 0.886. The summed E-state index contributed by atoms with van der Waals surface area (Å²) in [6, 6.07) is 4.84. The predicted molar refractivity (Wildman–Crippen MR) is 73.8 cm³/mol. The second-order valence-corrected chi connectivity index (χ2v) is 5.45. The van der Waals surface area contributed by atoms with Gasteiger partial charge in [-0.3, -0.25) is 4.68 Å². The van der Waals surface area contributed by atoms with Gasteiger partial charge in [0.2, 0.25) is 0 Å². The van der Waals surface area contributed by atoms with Crippen molar-refractivity contribution in [2.24, 2.45) is 0 Å². The van der Waals surface area contributed by atoms with E-state index >= 15 is 0 Å². The summed E-state index contributed by atoms with van der Waals surface area (Å²) in [5, 5.41) is 14.4. The first-order chi connectivity index (χ1) is 8.56. The Bertz CT molecular complexity index is 571. The first-order valence-corrected chi connectivity index (χ1v) is 6.98. The van der Waals surface area contributed by atoms with E-state index in [-0.39, 0.29) is 5.56 Å². The molecule has 3 nitrogen and oxygen atoms in total. The summed E-state index contributed by atoms with van der Waals surface area (Å²) >= 11 is 6.43. The smallest absolute Gasteiger partial charge is 0.143 e. The second-order valence-electron chi connectivity index (χ2n) is 3.74. The zero-order valence-electron chi connectivity index (χ0n) is 9.57. The molecule has 0 saturated heterocycles. The lowest BCUT2D eigenvalue weighted by atomic mass is 10.1. The summed E-state index contributed by atoms with van der Waals surface area (Å²) in [6.45, 7) is 2.51. The second kappa shape index (κ2) is 5.50. The number of rotatable bonds is 3. The lowest BCUT2D eigenvalue weighted by Crippen LogP contribution is -2.11. The number of nitrogens with zero attached hydrogens (tertiary/aromatic N) is 2. The highest BCUT2D eigenvalue weighted by Crippen LogP contribution is 2.32. The molecule has 2 rings (SSSR count). The first-order valence-electron chi connectivity index (χ1n) is 5.39. The van der Waals surface area contributed by atoms with Crippen LogP contribution in [-0.2, 0) is 6.54 Å². The van der Waals surface area contributed by atoms with Crippen LogP contribution in [0, 0.1) is 5.82 Å². The molecule has 0 aliphatic rings. The molecule has 2 aromatic rings. The molecule has 0 spiro atoms. The Balaban J connectivity index is 2.51. The topological polar surface area (TPSA) is 38.0 Å². The Morgan fingerprint density at radius 3 is 2.78 bits per heavy atom. The van der Waals surface area contributed by atoms with Gasteiger partial charge in [-0.05, 0) is 44.8 Å². The molecule has 0 saturated carbocycles. The van der Waals surface area contributed by atoms with Crippen LogP contribution < -0.4 is 0 Å². The van der Waals surface area contributed by atoms with Crippen LogP contribution in [0.25, 0.3) is 0 Å². The summed E-state index contributed by atoms with van der Waals surface area (Å²) in [4.78, 5) is 0. The van der Waals surface area contributed by atoms with E-state index in [0.717, 1.165) is 0 Å². The van der Waals surface area contributed by atoms with Gasteiger partial charge in [0.1, 0.15) is 11.9 Å². The van der Waals surface area contributed by atoms with E-state index < -0.39 is 11.9 Å². The Morgan fingerprint density at radius 1 is 1.39 bits per heavy atom. The van der Waals surface area contributed by atoms with Crippen LogP contribution in [-0.4, -0.2) is 14.9 Å². The van der Waals surface area contributed by atoms with Crippen LogP contribution in [0.15, 0.2) is 33.3 Å². The highest BCUT2D eigenvalue weighted by Gasteiger charge is 2.22. The fraction of sp³-hybridized carbons (Fsp3) is 0.250. The summed E-state index contributed by atoms with van der Waals surface area (Å²) in [6.07, 6.45) is 0.539. The van der Waals surface area contributed by atoms with Gasteiger partial charge in [-0.2, -0.15) is 5.10 Å². The lowest BCUT2D eigenvalue weighted by Gasteiger charge is -2.15. The molecule has 0 amide bonds. The Kier molecular flexibility index (Phi) is 4.19. The lowest BCUT2D eigenvalue weighted by molar-refractivity contribution is 0.202. The van der Waals surface area contributed by atoms with Crippen molar-refractivity contribution in [2.75, 3.05) is 0 Å². The third-order valence-corrected chi connectivity index (χ3v) is 3.89. The van der Waals surface area contributed by atoms with Gasteiger partial charge in [-0.25, -0.2) is 4.39 Å². The minimum atomic E-state index is -1.06. The monoisotopic (exact) mass is 376 g/mol. The Labute approximate surface area is 121 Å². The van der Waals surface area contributed by atoms with Gasteiger partial charge in [0.15, 0.2) is 0 Å². The molecule has 1 heterocycles. The van der Waals surface area contributed by atoms with Crippen molar-refractivity contribution in [3.8, 4) is 0 Å². The maximum Gasteiger partial charge on any atom is 0.143 e. The molecule has 1 aromatic carbocycles. The van der Waals surface area contributed by atoms with E-state index in [4.69, 9.17) is 0 Å². The van der Waals surface area contributed by atoms with E-state index in [2.05, 4.69) is 37.0 Å². The summed E-state index contributed by atoms with van der Waals surface area (Å²) < 4.78 is 16.6. The van der Waals surface area contributed by atoms with Crippen LogP contribution in [0.4, 0.5) is 4.39 Å². The number of aryl methyl sites for hydroxylation is 1. The Morgan fingerprint density at radius 2 is 2.11 bits per heavy atom. The number of hydrogen-bond donors (Lipinski definition) is 1. The van der Waals surface area contributed by atoms with Crippen molar-refractivity contribution in [1.29, 1.82) is 0 Å². The van der Waals surface area contributed by atoms with Gasteiger partial charge < -0.3 is 5.11 Å². The van der Waals surface area contributed by atoms with Gasteiger partial charge in [0.05, 0.1) is 20.8 Å². The minimum absolute atomic E-state index is 0.222. The van der Waals surface area contributed by atoms with Gasteiger partial charge in [-0.1, -0.05) is 12.1 Å². The van der Waals surface area contributed by atoms with Crippen LogP contribution in [0.1, 0.15) is 24.3 Å². The Hall–Kier alpha value is -0.720. The number of aromatic nitrogens is 2. The highest BCUT2D eigenvalue weighted by atomic mass is 79.9. The maximum atomic E-state index is 14.0. The molecule has 0 fully saturated rings. The van der Waals surface area contributed by atoms with Crippen LogP contribution >= 0.6 is 31.9 Å². The number of hydrogen-bond acceptors (Lipinski definition) is 2. The van der Waals surface area contributed by atoms with E-state index in [0.29, 0.717) is 21.2 Å². The molecule has 18 heavy (non-hydrogen) atoms. The van der Waals surface area contributed by atoms with E-state index in [1.165, 1.54) is 0 Å². The van der Waals surface area contributed by atoms with Gasteiger partial charge in [-0.15, -0.1) is 0 Å². The van der Waals surface area contributed by atoms with Gasteiger partial charge in [0.25, 0.3) is 0 Å². The molecule has 1 unspecified atom stereocenters. The third-order valence-electron chi connectivity index (χ3n) is 2.67. The van der Waals surface area contributed by atoms with Crippen molar-refractivity contribution in [3.63, 3.8) is 0 Å². The van der Waals surface area contributed by atoms with E-state index in [1.807, 2.05) is 6.92 Å². The predicted octanol–water partition coefficient (Wildman–Crippen LogP) is 3.65. The molecule has 0 aliphatic carbocycles. The van der Waals surface area contributed by atoms with Crippen molar-refractivity contribution in [2.45, 2.75) is 19.6 Å². The molecule has 0 radical (unpaired) electrons.